The Hall–Kier alpha value is -1.80. The van der Waals surface area contributed by atoms with Crippen molar-refractivity contribution < 1.29 is 0 Å². The fourth-order valence-electron chi connectivity index (χ4n) is 2.19. The second-order valence-corrected chi connectivity index (χ2v) is 6.01. The molecule has 0 amide bonds. The molecule has 100 valence electrons. The van der Waals surface area contributed by atoms with Gasteiger partial charge in [0.15, 0.2) is 0 Å². The molecule has 0 saturated carbocycles. The largest absolute Gasteiger partial charge is 0.246 e. The predicted molar refractivity (Wildman–Crippen MR) is 89.1 cm³/mol. The number of hydrogen-bond donors (Lipinski definition) is 0. The molecule has 1 nitrogen and oxygen atoms in total. The highest BCUT2D eigenvalue weighted by Crippen LogP contribution is 2.37. The van der Waals surface area contributed by atoms with Crippen LogP contribution in [0.3, 0.4) is 0 Å². The van der Waals surface area contributed by atoms with Crippen LogP contribution in [0.25, 0.3) is 11.8 Å². The number of aliphatic imine (C=N–C) groups is 1. The van der Waals surface area contributed by atoms with Crippen molar-refractivity contribution in [1.29, 1.82) is 0 Å². The van der Waals surface area contributed by atoms with Gasteiger partial charge in [-0.05, 0) is 31.1 Å². The maximum atomic E-state index is 4.80. The molecule has 0 atom stereocenters. The average molecular weight is 279 g/mol. The van der Waals surface area contributed by atoms with E-state index in [4.69, 9.17) is 4.99 Å². The molecule has 0 saturated heterocycles. The first-order valence-electron chi connectivity index (χ1n) is 6.89. The van der Waals surface area contributed by atoms with Crippen molar-refractivity contribution in [1.82, 2.24) is 0 Å². The zero-order valence-electron chi connectivity index (χ0n) is 11.8. The zero-order valence-corrected chi connectivity index (χ0v) is 12.6. The van der Waals surface area contributed by atoms with Gasteiger partial charge in [-0.25, -0.2) is 4.99 Å². The van der Waals surface area contributed by atoms with Crippen molar-refractivity contribution in [3.8, 4) is 0 Å². The Balaban J connectivity index is 2.07. The topological polar surface area (TPSA) is 12.4 Å². The first-order valence-corrected chi connectivity index (χ1v) is 7.71. The summed E-state index contributed by atoms with van der Waals surface area (Å²) in [6, 6.07) is 17.1. The summed E-state index contributed by atoms with van der Waals surface area (Å²) in [5.74, 6) is 0. The highest BCUT2D eigenvalue weighted by atomic mass is 32.2. The molecular weight excluding hydrogens is 262 g/mol. The number of rotatable bonds is 2. The summed E-state index contributed by atoms with van der Waals surface area (Å²) in [7, 11) is 0. The lowest BCUT2D eigenvalue weighted by molar-refractivity contribution is 1.28. The molecule has 2 aromatic carbocycles. The van der Waals surface area contributed by atoms with Crippen LogP contribution >= 0.6 is 11.8 Å². The first-order chi connectivity index (χ1) is 9.76. The van der Waals surface area contributed by atoms with Crippen molar-refractivity contribution in [2.45, 2.75) is 25.2 Å². The highest BCUT2D eigenvalue weighted by molar-refractivity contribution is 8.14. The SMILES string of the molecule is CCC1=N/C(=C\c2ccc(C)cc2)c2ccccc2S1. The van der Waals surface area contributed by atoms with Gasteiger partial charge in [-0.2, -0.15) is 0 Å². The third kappa shape index (κ3) is 2.70. The van der Waals surface area contributed by atoms with Crippen molar-refractivity contribution >= 4 is 28.6 Å². The molecule has 20 heavy (non-hydrogen) atoms. The third-order valence-electron chi connectivity index (χ3n) is 3.32. The number of nitrogens with zero attached hydrogens (tertiary/aromatic N) is 1. The molecule has 2 heteroatoms. The van der Waals surface area contributed by atoms with E-state index in [1.807, 2.05) is 0 Å². The summed E-state index contributed by atoms with van der Waals surface area (Å²) in [6.45, 7) is 4.26. The van der Waals surface area contributed by atoms with Gasteiger partial charge in [0.2, 0.25) is 0 Å². The van der Waals surface area contributed by atoms with Crippen LogP contribution in [0.5, 0.6) is 0 Å². The predicted octanol–water partition coefficient (Wildman–Crippen LogP) is 5.41. The Labute approximate surface area is 124 Å². The van der Waals surface area contributed by atoms with E-state index in [0.29, 0.717) is 0 Å². The number of fused-ring (bicyclic) bond motifs is 1. The lowest BCUT2D eigenvalue weighted by Crippen LogP contribution is -1.99. The molecule has 0 N–H and O–H groups in total. The summed E-state index contributed by atoms with van der Waals surface area (Å²) in [6.07, 6.45) is 3.15. The van der Waals surface area contributed by atoms with Crippen LogP contribution in [0, 0.1) is 6.92 Å². The van der Waals surface area contributed by atoms with Gasteiger partial charge in [0.25, 0.3) is 0 Å². The third-order valence-corrected chi connectivity index (χ3v) is 4.51. The molecule has 0 radical (unpaired) electrons. The summed E-state index contributed by atoms with van der Waals surface area (Å²) < 4.78 is 0. The molecular formula is C18H17NS. The fraction of sp³-hybridized carbons (Fsp3) is 0.167. The quantitative estimate of drug-likeness (QED) is 0.716. The Morgan fingerprint density at radius 2 is 1.80 bits per heavy atom. The molecule has 0 fully saturated rings. The van der Waals surface area contributed by atoms with Crippen molar-refractivity contribution in [3.63, 3.8) is 0 Å². The molecule has 2 aromatic rings. The first kappa shape index (κ1) is 13.2. The summed E-state index contributed by atoms with van der Waals surface area (Å²) in [4.78, 5) is 6.10. The summed E-state index contributed by atoms with van der Waals surface area (Å²) >= 11 is 1.78. The van der Waals surface area contributed by atoms with E-state index in [1.54, 1.807) is 11.8 Å². The van der Waals surface area contributed by atoms with Gasteiger partial charge >= 0.3 is 0 Å². The molecule has 1 aliphatic heterocycles. The van der Waals surface area contributed by atoms with E-state index in [9.17, 15) is 0 Å². The van der Waals surface area contributed by atoms with Crippen LogP contribution in [0.1, 0.15) is 30.0 Å². The lowest BCUT2D eigenvalue weighted by atomic mass is 10.1. The van der Waals surface area contributed by atoms with Crippen LogP contribution in [0.15, 0.2) is 58.4 Å². The van der Waals surface area contributed by atoms with Gasteiger partial charge in [-0.1, -0.05) is 66.7 Å². The summed E-state index contributed by atoms with van der Waals surface area (Å²) in [5.41, 5.74) is 4.78. The average Bonchev–Trinajstić information content (AvgIpc) is 2.49. The van der Waals surface area contributed by atoms with Gasteiger partial charge in [-0.3, -0.25) is 0 Å². The van der Waals surface area contributed by atoms with E-state index in [-0.39, 0.29) is 0 Å². The van der Waals surface area contributed by atoms with Crippen molar-refractivity contribution in [2.75, 3.05) is 0 Å². The normalized spacial score (nSPS) is 15.9. The molecule has 0 bridgehead atoms. The Morgan fingerprint density at radius 1 is 1.05 bits per heavy atom. The lowest BCUT2D eigenvalue weighted by Gasteiger charge is -2.17. The number of aryl methyl sites for hydroxylation is 1. The number of hydrogen-bond acceptors (Lipinski definition) is 2. The van der Waals surface area contributed by atoms with Gasteiger partial charge in [0.1, 0.15) is 0 Å². The maximum Gasteiger partial charge on any atom is 0.0783 e. The van der Waals surface area contributed by atoms with Crippen LogP contribution in [0.2, 0.25) is 0 Å². The highest BCUT2D eigenvalue weighted by Gasteiger charge is 2.15. The van der Waals surface area contributed by atoms with Gasteiger partial charge in [0.05, 0.1) is 10.7 Å². The van der Waals surface area contributed by atoms with Crippen LogP contribution < -0.4 is 0 Å². The van der Waals surface area contributed by atoms with Gasteiger partial charge in [0, 0.05) is 10.5 Å². The fourth-order valence-corrected chi connectivity index (χ4v) is 3.16. The van der Waals surface area contributed by atoms with Crippen LogP contribution in [-0.2, 0) is 0 Å². The zero-order chi connectivity index (χ0) is 13.9. The molecule has 0 spiro atoms. The maximum absolute atomic E-state index is 4.80. The van der Waals surface area contributed by atoms with E-state index in [0.717, 1.165) is 12.1 Å². The Morgan fingerprint density at radius 3 is 2.55 bits per heavy atom. The standard InChI is InChI=1S/C18H17NS/c1-3-18-19-16(12-14-10-8-13(2)9-11-14)15-6-4-5-7-17(15)20-18/h4-12H,3H2,1-2H3/b16-12-. The van der Waals surface area contributed by atoms with E-state index >= 15 is 0 Å². The second kappa shape index (κ2) is 5.68. The van der Waals surface area contributed by atoms with Crippen LogP contribution in [0.4, 0.5) is 0 Å². The van der Waals surface area contributed by atoms with E-state index < -0.39 is 0 Å². The van der Waals surface area contributed by atoms with Crippen molar-refractivity contribution in [2.24, 2.45) is 4.99 Å². The minimum atomic E-state index is 0.976. The van der Waals surface area contributed by atoms with Crippen LogP contribution in [-0.4, -0.2) is 5.04 Å². The molecule has 0 unspecified atom stereocenters. The van der Waals surface area contributed by atoms with Gasteiger partial charge < -0.3 is 0 Å². The Kier molecular flexibility index (Phi) is 3.75. The Bertz CT molecular complexity index is 681. The minimum Gasteiger partial charge on any atom is -0.246 e. The van der Waals surface area contributed by atoms with E-state index in [2.05, 4.69) is 68.5 Å². The molecule has 3 rings (SSSR count). The minimum absolute atomic E-state index is 0.976. The second-order valence-electron chi connectivity index (χ2n) is 4.90. The van der Waals surface area contributed by atoms with Gasteiger partial charge in [-0.15, -0.1) is 0 Å². The van der Waals surface area contributed by atoms with E-state index in [1.165, 1.54) is 26.6 Å². The summed E-state index contributed by atoms with van der Waals surface area (Å²) in [5, 5.41) is 1.18. The molecule has 0 aromatic heterocycles. The molecule has 1 heterocycles. The smallest absolute Gasteiger partial charge is 0.0783 e. The van der Waals surface area contributed by atoms with Crippen molar-refractivity contribution in [3.05, 3.63) is 65.2 Å². The number of benzene rings is 2. The monoisotopic (exact) mass is 279 g/mol. The number of thioether (sulfide) groups is 1. The molecule has 1 aliphatic rings. The molecule has 0 aliphatic carbocycles.